The van der Waals surface area contributed by atoms with Gasteiger partial charge in [-0.1, -0.05) is 34.8 Å². The molecule has 0 bridgehead atoms. The van der Waals surface area contributed by atoms with E-state index in [9.17, 15) is 4.79 Å². The van der Waals surface area contributed by atoms with Crippen molar-refractivity contribution >= 4 is 52.1 Å². The second kappa shape index (κ2) is 7.03. The van der Waals surface area contributed by atoms with E-state index in [-0.39, 0.29) is 5.91 Å². The van der Waals surface area contributed by atoms with Crippen LogP contribution in [0.1, 0.15) is 17.3 Å². The summed E-state index contributed by atoms with van der Waals surface area (Å²) in [6.07, 6.45) is 0. The molecule has 0 aromatic heterocycles. The predicted octanol–water partition coefficient (Wildman–Crippen LogP) is 5.33. The molecule has 3 nitrogen and oxygen atoms in total. The minimum absolute atomic E-state index is 0.271. The van der Waals surface area contributed by atoms with Gasteiger partial charge in [0, 0.05) is 22.9 Å². The quantitative estimate of drug-likeness (QED) is 0.787. The molecule has 2 aromatic carbocycles. The number of halogens is 3. The number of carbonyl (C=O) groups is 1. The van der Waals surface area contributed by atoms with E-state index in [0.717, 1.165) is 5.69 Å². The van der Waals surface area contributed by atoms with Gasteiger partial charge in [0.1, 0.15) is 0 Å². The summed E-state index contributed by atoms with van der Waals surface area (Å²) in [5, 5.41) is 7.21. The Labute approximate surface area is 138 Å². The van der Waals surface area contributed by atoms with Gasteiger partial charge in [-0.3, -0.25) is 4.79 Å². The van der Waals surface area contributed by atoms with E-state index in [1.807, 2.05) is 6.92 Å². The zero-order chi connectivity index (χ0) is 15.4. The molecule has 0 aliphatic carbocycles. The van der Waals surface area contributed by atoms with E-state index in [1.165, 1.54) is 0 Å². The Bertz CT molecular complexity index is 674. The van der Waals surface area contributed by atoms with Crippen molar-refractivity contribution in [3.05, 3.63) is 57.0 Å². The Morgan fingerprint density at radius 1 is 1.05 bits per heavy atom. The van der Waals surface area contributed by atoms with Gasteiger partial charge < -0.3 is 10.6 Å². The highest BCUT2D eigenvalue weighted by molar-refractivity contribution is 6.42. The maximum atomic E-state index is 12.4. The largest absolute Gasteiger partial charge is 0.385 e. The molecule has 0 aliphatic heterocycles. The van der Waals surface area contributed by atoms with Crippen LogP contribution in [-0.2, 0) is 0 Å². The molecule has 2 rings (SSSR count). The molecule has 0 saturated carbocycles. The Hall–Kier alpha value is -1.42. The Morgan fingerprint density at radius 3 is 2.48 bits per heavy atom. The molecule has 6 heteroatoms. The lowest BCUT2D eigenvalue weighted by molar-refractivity contribution is 0.102. The van der Waals surface area contributed by atoms with Crippen LogP contribution in [0, 0.1) is 0 Å². The molecule has 0 atom stereocenters. The van der Waals surface area contributed by atoms with Gasteiger partial charge in [-0.25, -0.2) is 0 Å². The number of hydrogen-bond donors (Lipinski definition) is 2. The topological polar surface area (TPSA) is 41.1 Å². The van der Waals surface area contributed by atoms with Crippen molar-refractivity contribution in [2.75, 3.05) is 17.2 Å². The summed E-state index contributed by atoms with van der Waals surface area (Å²) < 4.78 is 0. The second-order valence-electron chi connectivity index (χ2n) is 4.30. The fourth-order valence-corrected chi connectivity index (χ4v) is 2.29. The standard InChI is InChI=1S/C15H13Cl3N2O/c1-2-19-14-6-3-9(16)7-11(14)15(21)20-10-4-5-12(17)13(18)8-10/h3-8,19H,2H2,1H3,(H,20,21). The lowest BCUT2D eigenvalue weighted by Gasteiger charge is -2.12. The van der Waals surface area contributed by atoms with Crippen LogP contribution in [-0.4, -0.2) is 12.5 Å². The van der Waals surface area contributed by atoms with Crippen molar-refractivity contribution in [1.29, 1.82) is 0 Å². The summed E-state index contributed by atoms with van der Waals surface area (Å²) in [7, 11) is 0. The van der Waals surface area contributed by atoms with Crippen LogP contribution in [0.3, 0.4) is 0 Å². The molecular formula is C15H13Cl3N2O. The Morgan fingerprint density at radius 2 is 1.81 bits per heavy atom. The molecule has 0 saturated heterocycles. The summed E-state index contributed by atoms with van der Waals surface area (Å²) in [5.41, 5.74) is 1.76. The third kappa shape index (κ3) is 4.03. The zero-order valence-corrected chi connectivity index (χ0v) is 13.5. The SMILES string of the molecule is CCNc1ccc(Cl)cc1C(=O)Nc1ccc(Cl)c(Cl)c1. The van der Waals surface area contributed by atoms with Crippen molar-refractivity contribution in [2.45, 2.75) is 6.92 Å². The summed E-state index contributed by atoms with van der Waals surface area (Å²) in [6, 6.07) is 10.0. The van der Waals surface area contributed by atoms with Gasteiger partial charge in [0.25, 0.3) is 5.91 Å². The molecule has 0 heterocycles. The van der Waals surface area contributed by atoms with Crippen LogP contribution in [0.4, 0.5) is 11.4 Å². The zero-order valence-electron chi connectivity index (χ0n) is 11.2. The fraction of sp³-hybridized carbons (Fsp3) is 0.133. The second-order valence-corrected chi connectivity index (χ2v) is 5.55. The highest BCUT2D eigenvalue weighted by atomic mass is 35.5. The van der Waals surface area contributed by atoms with E-state index < -0.39 is 0 Å². The van der Waals surface area contributed by atoms with Gasteiger partial charge in [0.05, 0.1) is 15.6 Å². The average molecular weight is 344 g/mol. The smallest absolute Gasteiger partial charge is 0.257 e. The average Bonchev–Trinajstić information content (AvgIpc) is 2.45. The summed E-state index contributed by atoms with van der Waals surface area (Å²) in [4.78, 5) is 12.4. The lowest BCUT2D eigenvalue weighted by Crippen LogP contribution is -2.14. The van der Waals surface area contributed by atoms with Gasteiger partial charge in [-0.2, -0.15) is 0 Å². The van der Waals surface area contributed by atoms with Crippen LogP contribution in [0.15, 0.2) is 36.4 Å². The highest BCUT2D eigenvalue weighted by Crippen LogP contribution is 2.26. The van der Waals surface area contributed by atoms with Gasteiger partial charge in [-0.05, 0) is 43.3 Å². The lowest BCUT2D eigenvalue weighted by atomic mass is 10.1. The number of hydrogen-bond acceptors (Lipinski definition) is 2. The molecule has 2 aromatic rings. The third-order valence-electron chi connectivity index (χ3n) is 2.77. The number of carbonyl (C=O) groups excluding carboxylic acids is 1. The number of benzene rings is 2. The highest BCUT2D eigenvalue weighted by Gasteiger charge is 2.12. The third-order valence-corrected chi connectivity index (χ3v) is 3.75. The first kappa shape index (κ1) is 16.0. The molecule has 0 unspecified atom stereocenters. The van der Waals surface area contributed by atoms with Gasteiger partial charge >= 0.3 is 0 Å². The Balaban J connectivity index is 2.27. The van der Waals surface area contributed by atoms with Crippen LogP contribution in [0.25, 0.3) is 0 Å². The van der Waals surface area contributed by atoms with Crippen LogP contribution in [0.5, 0.6) is 0 Å². The summed E-state index contributed by atoms with van der Waals surface area (Å²) in [5.74, 6) is -0.271. The van der Waals surface area contributed by atoms with Crippen LogP contribution in [0.2, 0.25) is 15.1 Å². The van der Waals surface area contributed by atoms with E-state index in [4.69, 9.17) is 34.8 Å². The number of anilines is 2. The fourth-order valence-electron chi connectivity index (χ4n) is 1.82. The minimum atomic E-state index is -0.271. The molecule has 0 radical (unpaired) electrons. The molecule has 1 amide bonds. The number of amides is 1. The molecule has 110 valence electrons. The number of rotatable bonds is 4. The molecule has 0 spiro atoms. The van der Waals surface area contributed by atoms with E-state index in [2.05, 4.69) is 10.6 Å². The molecule has 2 N–H and O–H groups in total. The van der Waals surface area contributed by atoms with Crippen LogP contribution < -0.4 is 10.6 Å². The normalized spacial score (nSPS) is 10.3. The van der Waals surface area contributed by atoms with Crippen molar-refractivity contribution in [3.8, 4) is 0 Å². The summed E-state index contributed by atoms with van der Waals surface area (Å²) in [6.45, 7) is 2.66. The van der Waals surface area contributed by atoms with Crippen molar-refractivity contribution in [2.24, 2.45) is 0 Å². The molecule has 0 fully saturated rings. The van der Waals surface area contributed by atoms with Gasteiger partial charge in [0.2, 0.25) is 0 Å². The van der Waals surface area contributed by atoms with E-state index in [1.54, 1.807) is 36.4 Å². The predicted molar refractivity (Wildman–Crippen MR) is 90.0 cm³/mol. The first-order valence-corrected chi connectivity index (χ1v) is 7.44. The van der Waals surface area contributed by atoms with Gasteiger partial charge in [-0.15, -0.1) is 0 Å². The van der Waals surface area contributed by atoms with Crippen LogP contribution >= 0.6 is 34.8 Å². The first-order chi connectivity index (χ1) is 10.0. The van der Waals surface area contributed by atoms with E-state index in [0.29, 0.717) is 32.9 Å². The van der Waals surface area contributed by atoms with Crippen molar-refractivity contribution < 1.29 is 4.79 Å². The molecule has 21 heavy (non-hydrogen) atoms. The molecule has 0 aliphatic rings. The minimum Gasteiger partial charge on any atom is -0.385 e. The van der Waals surface area contributed by atoms with Crippen molar-refractivity contribution in [1.82, 2.24) is 0 Å². The number of nitrogens with one attached hydrogen (secondary N) is 2. The van der Waals surface area contributed by atoms with Crippen molar-refractivity contribution in [3.63, 3.8) is 0 Å². The van der Waals surface area contributed by atoms with E-state index >= 15 is 0 Å². The molecular weight excluding hydrogens is 331 g/mol. The summed E-state index contributed by atoms with van der Waals surface area (Å²) >= 11 is 17.7. The first-order valence-electron chi connectivity index (χ1n) is 6.31. The monoisotopic (exact) mass is 342 g/mol. The maximum Gasteiger partial charge on any atom is 0.257 e. The maximum absolute atomic E-state index is 12.4. The Kier molecular flexibility index (Phi) is 5.34. The van der Waals surface area contributed by atoms with Gasteiger partial charge in [0.15, 0.2) is 0 Å².